The van der Waals surface area contributed by atoms with Crippen molar-refractivity contribution in [1.82, 2.24) is 28.6 Å². The zero-order chi connectivity index (χ0) is 35.9. The monoisotopic (exact) mass is 714 g/mol. The fourth-order valence-corrected chi connectivity index (χ4v) is 5.01. The van der Waals surface area contributed by atoms with Gasteiger partial charge in [0.15, 0.2) is 0 Å². The Morgan fingerprint density at radius 3 is 1.54 bits per heavy atom. The molecule has 6 aromatic rings. The molecule has 9 nitrogen and oxygen atoms in total. The van der Waals surface area contributed by atoms with Crippen LogP contribution in [0.1, 0.15) is 152 Å². The van der Waals surface area contributed by atoms with Crippen molar-refractivity contribution in [3.05, 3.63) is 105 Å². The molecule has 0 saturated carbocycles. The summed E-state index contributed by atoms with van der Waals surface area (Å²) in [5.41, 5.74) is 4.72. The molecule has 0 bridgehead atoms. The first kappa shape index (κ1) is 42.5. The summed E-state index contributed by atoms with van der Waals surface area (Å²) in [6, 6.07) is 7.89. The van der Waals surface area contributed by atoms with Gasteiger partial charge >= 0.3 is 0 Å². The third-order valence-corrected chi connectivity index (χ3v) is 8.61. The van der Waals surface area contributed by atoms with Gasteiger partial charge in [-0.1, -0.05) is 98.6 Å². The van der Waals surface area contributed by atoms with Gasteiger partial charge in [-0.05, 0) is 81.9 Å². The van der Waals surface area contributed by atoms with Crippen LogP contribution in [0.25, 0.3) is 0 Å². The molecule has 0 N–H and O–H groups in total. The summed E-state index contributed by atoms with van der Waals surface area (Å²) < 4.78 is 26.2. The van der Waals surface area contributed by atoms with Gasteiger partial charge in [-0.15, -0.1) is 0 Å². The predicted octanol–water partition coefficient (Wildman–Crippen LogP) is 12.2. The van der Waals surface area contributed by atoms with Crippen LogP contribution in [0, 0.1) is 0 Å². The average molecular weight is 715 g/mol. The van der Waals surface area contributed by atoms with Gasteiger partial charge in [-0.2, -0.15) is 4.37 Å². The van der Waals surface area contributed by atoms with Crippen LogP contribution in [0.15, 0.2) is 85.9 Å². The molecule has 0 aliphatic heterocycles. The molecular weight excluding hydrogens is 661 g/mol. The van der Waals surface area contributed by atoms with Gasteiger partial charge in [0.25, 0.3) is 0 Å². The van der Waals surface area contributed by atoms with Crippen molar-refractivity contribution in [3.8, 4) is 0 Å². The first-order valence-electron chi connectivity index (χ1n) is 16.2. The Balaban J connectivity index is 0.000000288. The predicted molar refractivity (Wildman–Crippen MR) is 200 cm³/mol. The number of nitrogens with zero attached hydrogens (tertiary/aromatic N) is 6. The lowest BCUT2D eigenvalue weighted by Crippen LogP contribution is -1.83. The third kappa shape index (κ3) is 18.8. The van der Waals surface area contributed by atoms with E-state index >= 15 is 0 Å². The summed E-state index contributed by atoms with van der Waals surface area (Å²) in [4.78, 5) is 1.37. The molecule has 0 radical (unpaired) electrons. The smallest absolute Gasteiger partial charge is 0.139 e. The minimum atomic E-state index is 0.456. The van der Waals surface area contributed by atoms with E-state index < -0.39 is 0 Å². The Morgan fingerprint density at radius 2 is 1.29 bits per heavy atom. The standard InChI is InChI=1S/3C6H9NO.3C6H9NS/c1-5(2)6-3-7-8-4-6;1-5(2)6-3-4-8-7-6;1-5(2)6-3-4-7-8-6;1-5(2)6-3-7-8-4-6;1-5(2)6-3-4-8-7-6;1-5(2)6-3-4-7-8-6/h6*3-5H,1-2H3. The maximum absolute atomic E-state index is 4.84. The second kappa shape index (κ2) is 24.6. The highest BCUT2D eigenvalue weighted by Gasteiger charge is 2.01. The first-order chi connectivity index (χ1) is 22.8. The van der Waals surface area contributed by atoms with Gasteiger partial charge < -0.3 is 13.6 Å². The minimum Gasteiger partial charge on any atom is -0.365 e. The van der Waals surface area contributed by atoms with E-state index in [1.807, 2.05) is 29.9 Å². The molecule has 48 heavy (non-hydrogen) atoms. The molecule has 12 heteroatoms. The van der Waals surface area contributed by atoms with Crippen LogP contribution in [0.4, 0.5) is 0 Å². The topological polar surface area (TPSA) is 117 Å². The maximum Gasteiger partial charge on any atom is 0.139 e. The molecule has 6 aromatic heterocycles. The zero-order valence-corrected chi connectivity index (χ0v) is 33.0. The van der Waals surface area contributed by atoms with Gasteiger partial charge in [-0.3, -0.25) is 0 Å². The lowest BCUT2D eigenvalue weighted by molar-refractivity contribution is 0.371. The fourth-order valence-electron chi connectivity index (χ4n) is 3.08. The number of hydrogen-bond donors (Lipinski definition) is 0. The molecule has 0 unspecified atom stereocenters. The molecular formula is C36H54N6O3S3. The molecule has 0 atom stereocenters. The average Bonchev–Trinajstić information content (AvgIpc) is 3.91. The molecule has 264 valence electrons. The highest BCUT2D eigenvalue weighted by atomic mass is 32.1. The van der Waals surface area contributed by atoms with Crippen molar-refractivity contribution in [1.29, 1.82) is 0 Å². The first-order valence-corrected chi connectivity index (χ1v) is 18.7. The largest absolute Gasteiger partial charge is 0.365 e. The van der Waals surface area contributed by atoms with Crippen LogP contribution < -0.4 is 0 Å². The zero-order valence-electron chi connectivity index (χ0n) is 30.5. The van der Waals surface area contributed by atoms with Gasteiger partial charge in [0.05, 0.1) is 23.8 Å². The Hall–Kier alpha value is -3.48. The Labute approximate surface area is 299 Å². The van der Waals surface area contributed by atoms with Crippen molar-refractivity contribution in [3.63, 3.8) is 0 Å². The Morgan fingerprint density at radius 1 is 0.583 bits per heavy atom. The van der Waals surface area contributed by atoms with E-state index in [0.717, 1.165) is 17.0 Å². The normalized spacial score (nSPS) is 10.4. The molecule has 0 aliphatic rings. The van der Waals surface area contributed by atoms with Crippen LogP contribution in [-0.4, -0.2) is 28.6 Å². The SMILES string of the molecule is CC(C)c1ccno1.CC(C)c1ccns1.CC(C)c1ccon1.CC(C)c1ccsn1.CC(C)c1cnoc1.CC(C)c1cnsc1. The van der Waals surface area contributed by atoms with E-state index in [2.05, 4.69) is 138 Å². The quantitative estimate of drug-likeness (QED) is 0.166. The number of rotatable bonds is 6. The molecule has 0 aliphatic carbocycles. The number of aromatic nitrogens is 6. The second-order valence-electron chi connectivity index (χ2n) is 12.5. The van der Waals surface area contributed by atoms with Gasteiger partial charge in [0.1, 0.15) is 18.3 Å². The van der Waals surface area contributed by atoms with E-state index in [0.29, 0.717) is 35.5 Å². The Bertz CT molecular complexity index is 1160. The molecule has 0 amide bonds. The van der Waals surface area contributed by atoms with Crippen molar-refractivity contribution in [2.24, 2.45) is 0 Å². The molecule has 0 saturated heterocycles. The molecule has 6 rings (SSSR count). The van der Waals surface area contributed by atoms with E-state index in [1.54, 1.807) is 36.5 Å². The Kier molecular flexibility index (Phi) is 21.8. The van der Waals surface area contributed by atoms with Crippen LogP contribution >= 0.6 is 34.6 Å². The summed E-state index contributed by atoms with van der Waals surface area (Å²) in [6.07, 6.45) is 10.4. The van der Waals surface area contributed by atoms with Crippen molar-refractivity contribution < 1.29 is 13.6 Å². The van der Waals surface area contributed by atoms with Crippen molar-refractivity contribution >= 4 is 34.6 Å². The molecule has 0 aromatic carbocycles. The highest BCUT2D eigenvalue weighted by Crippen LogP contribution is 2.17. The van der Waals surface area contributed by atoms with Crippen LogP contribution in [0.5, 0.6) is 0 Å². The van der Waals surface area contributed by atoms with Crippen LogP contribution in [0.3, 0.4) is 0 Å². The third-order valence-electron chi connectivity index (χ3n) is 6.39. The lowest BCUT2D eigenvalue weighted by Gasteiger charge is -1.94. The second-order valence-corrected chi connectivity index (χ2v) is 14.7. The van der Waals surface area contributed by atoms with E-state index in [9.17, 15) is 0 Å². The summed E-state index contributed by atoms with van der Waals surface area (Å²) >= 11 is 4.62. The van der Waals surface area contributed by atoms with E-state index in [1.165, 1.54) is 39.2 Å². The van der Waals surface area contributed by atoms with Crippen LogP contribution in [-0.2, 0) is 0 Å². The molecule has 0 fully saturated rings. The summed E-state index contributed by atoms with van der Waals surface area (Å²) in [6.45, 7) is 25.5. The number of hydrogen-bond acceptors (Lipinski definition) is 12. The summed E-state index contributed by atoms with van der Waals surface area (Å²) in [7, 11) is 0. The van der Waals surface area contributed by atoms with Gasteiger partial charge in [-0.25, -0.2) is 8.75 Å². The minimum absolute atomic E-state index is 0.456. The van der Waals surface area contributed by atoms with Gasteiger partial charge in [0, 0.05) is 51.6 Å². The summed E-state index contributed by atoms with van der Waals surface area (Å²) in [5, 5.41) is 15.0. The van der Waals surface area contributed by atoms with Crippen molar-refractivity contribution in [2.75, 3.05) is 0 Å². The fraction of sp³-hybridized carbons (Fsp3) is 0.500. The maximum atomic E-state index is 4.84. The summed E-state index contributed by atoms with van der Waals surface area (Å²) in [5.74, 6) is 4.27. The molecule has 0 spiro atoms. The van der Waals surface area contributed by atoms with E-state index in [4.69, 9.17) is 4.52 Å². The van der Waals surface area contributed by atoms with Crippen molar-refractivity contribution in [2.45, 2.75) is 119 Å². The van der Waals surface area contributed by atoms with E-state index in [-0.39, 0.29) is 0 Å². The molecule has 6 heterocycles. The van der Waals surface area contributed by atoms with Crippen LogP contribution in [0.2, 0.25) is 0 Å². The lowest BCUT2D eigenvalue weighted by atomic mass is 10.1. The highest BCUT2D eigenvalue weighted by molar-refractivity contribution is 7.05. The van der Waals surface area contributed by atoms with Gasteiger partial charge in [0.2, 0.25) is 0 Å².